The monoisotopic (exact) mass is 225 g/mol. The number of amides is 1. The number of hydrogen-bond donors (Lipinski definition) is 5. The van der Waals surface area contributed by atoms with E-state index in [2.05, 4.69) is 0 Å². The first kappa shape index (κ1) is 12.3. The van der Waals surface area contributed by atoms with E-state index in [1.54, 1.807) is 12.1 Å². The summed E-state index contributed by atoms with van der Waals surface area (Å²) in [5.74, 6) is -0.700. The van der Waals surface area contributed by atoms with Crippen LogP contribution in [0.4, 0.5) is 11.4 Å². The molecule has 0 aliphatic rings. The minimum Gasteiger partial charge on any atom is -0.397 e. The smallest absolute Gasteiger partial charge is 0.220 e. The number of para-hydroxylation sites is 1. The van der Waals surface area contributed by atoms with Gasteiger partial charge in [0.05, 0.1) is 23.9 Å². The van der Waals surface area contributed by atoms with Crippen molar-refractivity contribution in [3.05, 3.63) is 23.8 Å². The number of carbonyl (C=O) groups is 1. The molecule has 16 heavy (non-hydrogen) atoms. The van der Waals surface area contributed by atoms with E-state index in [-0.39, 0.29) is 17.7 Å². The van der Waals surface area contributed by atoms with Gasteiger partial charge in [0.15, 0.2) is 0 Å². The van der Waals surface area contributed by atoms with Crippen molar-refractivity contribution < 1.29 is 15.0 Å². The Hall–Kier alpha value is -1.79. The van der Waals surface area contributed by atoms with Crippen molar-refractivity contribution in [1.82, 2.24) is 0 Å². The molecule has 0 radical (unpaired) electrons. The Morgan fingerprint density at radius 1 is 1.31 bits per heavy atom. The zero-order valence-electron chi connectivity index (χ0n) is 8.63. The van der Waals surface area contributed by atoms with Crippen molar-refractivity contribution in [1.29, 1.82) is 0 Å². The highest BCUT2D eigenvalue weighted by molar-refractivity contribution is 5.74. The first-order chi connectivity index (χ1) is 7.43. The predicted octanol–water partition coefficient (Wildman–Crippen LogP) is -0.879. The van der Waals surface area contributed by atoms with Crippen LogP contribution in [-0.2, 0) is 4.79 Å². The molecule has 0 saturated carbocycles. The van der Waals surface area contributed by atoms with Crippen molar-refractivity contribution in [2.24, 2.45) is 5.73 Å². The number of hydrogen-bond acceptors (Lipinski definition) is 5. The van der Waals surface area contributed by atoms with Crippen molar-refractivity contribution in [3.63, 3.8) is 0 Å². The fourth-order valence-corrected chi connectivity index (χ4v) is 1.38. The van der Waals surface area contributed by atoms with Gasteiger partial charge in [0, 0.05) is 5.56 Å². The minimum absolute atomic E-state index is 0.193. The zero-order chi connectivity index (χ0) is 12.3. The van der Waals surface area contributed by atoms with Crippen LogP contribution in [0, 0.1) is 0 Å². The summed E-state index contributed by atoms with van der Waals surface area (Å²) < 4.78 is 0. The van der Waals surface area contributed by atoms with Crippen LogP contribution in [0.15, 0.2) is 18.2 Å². The maximum atomic E-state index is 10.6. The van der Waals surface area contributed by atoms with Crippen molar-refractivity contribution in [2.45, 2.75) is 18.6 Å². The van der Waals surface area contributed by atoms with E-state index in [0.29, 0.717) is 5.69 Å². The van der Waals surface area contributed by atoms with Gasteiger partial charge in [-0.3, -0.25) is 4.79 Å². The number of rotatable bonds is 4. The number of anilines is 2. The van der Waals surface area contributed by atoms with Crippen LogP contribution >= 0.6 is 0 Å². The summed E-state index contributed by atoms with van der Waals surface area (Å²) in [6, 6.07) is 4.70. The molecule has 1 aromatic rings. The zero-order valence-corrected chi connectivity index (χ0v) is 8.63. The topological polar surface area (TPSA) is 136 Å². The van der Waals surface area contributed by atoms with Crippen LogP contribution in [0.25, 0.3) is 0 Å². The molecule has 1 aromatic carbocycles. The lowest BCUT2D eigenvalue weighted by atomic mass is 9.99. The van der Waals surface area contributed by atoms with Crippen LogP contribution in [0.3, 0.4) is 0 Å². The molecular formula is C10H15N3O3. The summed E-state index contributed by atoms with van der Waals surface area (Å²) in [5.41, 5.74) is 16.9. The molecule has 6 nitrogen and oxygen atoms in total. The number of benzene rings is 1. The normalized spacial score (nSPS) is 14.4. The number of nitrogen functional groups attached to an aromatic ring is 2. The van der Waals surface area contributed by atoms with Crippen LogP contribution in [0.2, 0.25) is 0 Å². The summed E-state index contributed by atoms with van der Waals surface area (Å²) >= 11 is 0. The lowest BCUT2D eigenvalue weighted by Gasteiger charge is -2.19. The third-order valence-corrected chi connectivity index (χ3v) is 2.27. The van der Waals surface area contributed by atoms with Crippen LogP contribution in [0.1, 0.15) is 18.1 Å². The van der Waals surface area contributed by atoms with Gasteiger partial charge in [-0.2, -0.15) is 0 Å². The molecule has 1 rings (SSSR count). The highest BCUT2D eigenvalue weighted by Gasteiger charge is 2.22. The summed E-state index contributed by atoms with van der Waals surface area (Å²) in [5, 5.41) is 19.3. The van der Waals surface area contributed by atoms with Gasteiger partial charge < -0.3 is 27.4 Å². The summed E-state index contributed by atoms with van der Waals surface area (Å²) in [7, 11) is 0. The van der Waals surface area contributed by atoms with E-state index >= 15 is 0 Å². The molecule has 0 spiro atoms. The fraction of sp³-hybridized carbons (Fsp3) is 0.300. The summed E-state index contributed by atoms with van der Waals surface area (Å²) in [6.07, 6.45) is -2.91. The first-order valence-corrected chi connectivity index (χ1v) is 4.71. The summed E-state index contributed by atoms with van der Waals surface area (Å²) in [6.45, 7) is 0. The average molecular weight is 225 g/mol. The molecule has 6 heteroatoms. The molecule has 0 saturated heterocycles. The van der Waals surface area contributed by atoms with Crippen LogP contribution in [0.5, 0.6) is 0 Å². The van der Waals surface area contributed by atoms with Gasteiger partial charge in [-0.15, -0.1) is 0 Å². The number of carbonyl (C=O) groups excluding carboxylic acids is 1. The van der Waals surface area contributed by atoms with Gasteiger partial charge in [-0.05, 0) is 6.07 Å². The van der Waals surface area contributed by atoms with E-state index in [4.69, 9.17) is 17.2 Å². The molecule has 0 heterocycles. The van der Waals surface area contributed by atoms with Crippen molar-refractivity contribution >= 4 is 17.3 Å². The molecule has 8 N–H and O–H groups in total. The Bertz CT molecular complexity index is 395. The third-order valence-electron chi connectivity index (χ3n) is 2.27. The Kier molecular flexibility index (Phi) is 3.70. The quantitative estimate of drug-likeness (QED) is 0.424. The van der Waals surface area contributed by atoms with Gasteiger partial charge in [0.1, 0.15) is 6.10 Å². The molecule has 0 aromatic heterocycles. The minimum atomic E-state index is -1.29. The fourth-order valence-electron chi connectivity index (χ4n) is 1.38. The molecular weight excluding hydrogens is 210 g/mol. The maximum absolute atomic E-state index is 10.6. The Balaban J connectivity index is 2.91. The van der Waals surface area contributed by atoms with Crippen LogP contribution < -0.4 is 17.2 Å². The average Bonchev–Trinajstić information content (AvgIpc) is 2.20. The largest absolute Gasteiger partial charge is 0.397 e. The molecule has 2 atom stereocenters. The standard InChI is InChI=1S/C10H15N3O3/c11-6-3-1-2-5(9(6)13)10(16)7(14)4-8(12)15/h1-3,7,10,14,16H,4,11,13H2,(H2,12,15). The van der Waals surface area contributed by atoms with Gasteiger partial charge in [-0.1, -0.05) is 12.1 Å². The van der Waals surface area contributed by atoms with E-state index in [1.165, 1.54) is 6.07 Å². The Labute approximate surface area is 92.7 Å². The second kappa shape index (κ2) is 4.82. The Morgan fingerprint density at radius 2 is 1.94 bits per heavy atom. The summed E-state index contributed by atoms with van der Waals surface area (Å²) in [4.78, 5) is 10.6. The van der Waals surface area contributed by atoms with Crippen molar-refractivity contribution in [3.8, 4) is 0 Å². The van der Waals surface area contributed by atoms with Gasteiger partial charge in [0.2, 0.25) is 5.91 Å². The molecule has 88 valence electrons. The van der Waals surface area contributed by atoms with Gasteiger partial charge in [-0.25, -0.2) is 0 Å². The number of nitrogens with two attached hydrogens (primary N) is 3. The SMILES string of the molecule is NC(=O)CC(O)C(O)c1cccc(N)c1N. The highest BCUT2D eigenvalue weighted by Crippen LogP contribution is 2.28. The number of primary amides is 1. The first-order valence-electron chi connectivity index (χ1n) is 4.71. The Morgan fingerprint density at radius 3 is 2.50 bits per heavy atom. The van der Waals surface area contributed by atoms with Crippen LogP contribution in [-0.4, -0.2) is 22.2 Å². The van der Waals surface area contributed by atoms with Gasteiger partial charge >= 0.3 is 0 Å². The maximum Gasteiger partial charge on any atom is 0.220 e. The highest BCUT2D eigenvalue weighted by atomic mass is 16.3. The van der Waals surface area contributed by atoms with E-state index < -0.39 is 18.1 Å². The lowest BCUT2D eigenvalue weighted by molar-refractivity contribution is -0.121. The van der Waals surface area contributed by atoms with E-state index in [0.717, 1.165) is 0 Å². The third kappa shape index (κ3) is 2.62. The molecule has 0 fully saturated rings. The molecule has 1 amide bonds. The van der Waals surface area contributed by atoms with E-state index in [1.807, 2.05) is 0 Å². The van der Waals surface area contributed by atoms with E-state index in [9.17, 15) is 15.0 Å². The second-order valence-corrected chi connectivity index (χ2v) is 3.53. The van der Waals surface area contributed by atoms with Gasteiger partial charge in [0.25, 0.3) is 0 Å². The number of aliphatic hydroxyl groups excluding tert-OH is 2. The number of aliphatic hydroxyl groups is 2. The van der Waals surface area contributed by atoms with Crippen molar-refractivity contribution in [2.75, 3.05) is 11.5 Å². The molecule has 2 unspecified atom stereocenters. The molecule has 0 aliphatic heterocycles. The molecule has 0 bridgehead atoms. The predicted molar refractivity (Wildman–Crippen MR) is 60.0 cm³/mol. The molecule has 0 aliphatic carbocycles. The second-order valence-electron chi connectivity index (χ2n) is 3.53. The lowest BCUT2D eigenvalue weighted by Crippen LogP contribution is -2.26.